The van der Waals surface area contributed by atoms with Gasteiger partial charge in [-0.3, -0.25) is 43.2 Å². The highest BCUT2D eigenvalue weighted by Crippen LogP contribution is 2.45. The van der Waals surface area contributed by atoms with Crippen molar-refractivity contribution < 1.29 is 143 Å². The van der Waals surface area contributed by atoms with Crippen LogP contribution in [0, 0.1) is 24.7 Å². The lowest BCUT2D eigenvalue weighted by atomic mass is 9.76. The number of esters is 4. The fourth-order valence-electron chi connectivity index (χ4n) is 16.3. The summed E-state index contributed by atoms with van der Waals surface area (Å²) in [5.41, 5.74) is 10.6. The van der Waals surface area contributed by atoms with Gasteiger partial charge in [0, 0.05) is 129 Å². The molecule has 38 heteroatoms. The number of azide groups is 1. The average Bonchev–Trinajstić information content (AvgIpc) is 1.59. The zero-order valence-electron chi connectivity index (χ0n) is 74.3. The first-order valence-electron chi connectivity index (χ1n) is 42.6. The van der Waals surface area contributed by atoms with E-state index in [0.29, 0.717) is 41.5 Å². The highest BCUT2D eigenvalue weighted by molar-refractivity contribution is 6.07. The summed E-state index contributed by atoms with van der Waals surface area (Å²) in [6.07, 6.45) is -11.4. The molecule has 6 aliphatic rings. The molecule has 38 nitrogen and oxygen atoms in total. The van der Waals surface area contributed by atoms with Crippen LogP contribution in [0.2, 0.25) is 0 Å². The summed E-state index contributed by atoms with van der Waals surface area (Å²) in [6.45, 7) is 21.8. The Morgan fingerprint density at radius 3 is 1.56 bits per heavy atom. The number of aryl methyl sites for hydroxylation is 1. The van der Waals surface area contributed by atoms with E-state index in [1.165, 1.54) is 113 Å². The molecule has 3 N–H and O–H groups in total. The number of hydrogen-bond acceptors (Lipinski definition) is 31. The minimum atomic E-state index is -1.74. The Bertz CT molecular complexity index is 4750. The van der Waals surface area contributed by atoms with Crippen molar-refractivity contribution in [1.82, 2.24) is 15.1 Å². The van der Waals surface area contributed by atoms with Gasteiger partial charge in [0.2, 0.25) is 18.3 Å². The van der Waals surface area contributed by atoms with E-state index < -0.39 is 159 Å². The van der Waals surface area contributed by atoms with Gasteiger partial charge in [0.1, 0.15) is 55.4 Å². The van der Waals surface area contributed by atoms with Gasteiger partial charge in [-0.05, 0) is 116 Å². The van der Waals surface area contributed by atoms with Crippen LogP contribution in [0.4, 0.5) is 21.0 Å². The van der Waals surface area contributed by atoms with Crippen molar-refractivity contribution >= 4 is 76.7 Å². The normalized spacial score (nSPS) is 23.1. The van der Waals surface area contributed by atoms with Crippen LogP contribution in [0.15, 0.2) is 90.1 Å². The van der Waals surface area contributed by atoms with Crippen molar-refractivity contribution in [2.24, 2.45) is 22.9 Å². The SMILES string of the molecule is C=C1C[C@H]2C(O)N(C(=O)OCc3ccc(O[C@@H]4O[C@H](C)[C@@H](C)[C@H](OC(C)=O)[C@H]4OC(C)=O)c(C(=O)CCCOC)c3)c3cc(OCCC(CCOc4cc5c(cc4OC)C(=O)N4CC(=C)C[C@H]4C(O)N5C(=O)OCc4ccc(O[C@@H]5C[C@H](C)[C@@H](C)[C@H](OC(C)=O)[C@H]5OC(C)=O)c(C(=O)CCCOC)c4)NC(=O)COCCOCCOCCN=[N+]=[N-])c(C)cc3C(=O)N2C1. The van der Waals surface area contributed by atoms with Crippen molar-refractivity contribution in [2.45, 2.75) is 207 Å². The largest absolute Gasteiger partial charge is 0.493 e. The van der Waals surface area contributed by atoms with E-state index in [4.69, 9.17) is 86.1 Å². The van der Waals surface area contributed by atoms with Gasteiger partial charge >= 0.3 is 36.1 Å². The first-order valence-corrected chi connectivity index (χ1v) is 42.6. The summed E-state index contributed by atoms with van der Waals surface area (Å²) in [6, 6.07) is 11.9. The molecule has 4 aromatic rings. The van der Waals surface area contributed by atoms with Gasteiger partial charge in [0.05, 0.1) is 105 Å². The monoisotopic (exact) mass is 1790 g/mol. The van der Waals surface area contributed by atoms with E-state index in [9.17, 15) is 63.0 Å². The standard InChI is InChI=1S/C90H116N8O30/c1-49-35-69-86(108)97(89(110)120-47-61-20-22-74(66(40-61)72(104)18-16-27-113-13)128-88-83(126-59(11)102)81(124-57(9)100)54(6)55(7)122-88)67-42-75(52(4)37-63(67)84(106)95(69)44-49)118-28-23-62(93-79(105)48-117-34-33-116-32-31-115-30-25-92-94-91)24-29-119-77-43-68-64(41-76(77)114-14)85(107)96-45-50(2)36-70(96)87(109)98(68)90(111)121-46-60-19-21-73(65(39-60)71(103)17-15-26-112-12)127-78-38-51(3)53(5)80(123-56(8)99)82(78)125-58(10)101/h19-22,37,39-43,51,53-55,62,69-70,78,80-83,86-88,108-109H,1-2,15-18,23-36,38,44-48H2,3-14H3,(H,93,105)/t51-,53+,54+,55+,62?,69-,70-,78+,80-,81-,82-,83+,86?,87?,88-/m0/s1. The number of Topliss-reactive ketones (excluding diaryl/α,β-unsaturated/α-hetero) is 2. The van der Waals surface area contributed by atoms with Crippen LogP contribution in [0.5, 0.6) is 28.7 Å². The number of nitrogens with zero attached hydrogens (tertiary/aromatic N) is 7. The summed E-state index contributed by atoms with van der Waals surface area (Å²) in [4.78, 5) is 159. The van der Waals surface area contributed by atoms with Crippen molar-refractivity contribution in [1.29, 1.82) is 0 Å². The van der Waals surface area contributed by atoms with Gasteiger partial charge < -0.3 is 106 Å². The summed E-state index contributed by atoms with van der Waals surface area (Å²) < 4.78 is 100.0. The lowest BCUT2D eigenvalue weighted by molar-refractivity contribution is -0.263. The number of ether oxygens (including phenoxy) is 17. The Morgan fingerprint density at radius 1 is 0.570 bits per heavy atom. The third-order valence-electron chi connectivity index (χ3n) is 23.0. The molecule has 4 aromatic carbocycles. The lowest BCUT2D eigenvalue weighted by Crippen LogP contribution is -2.57. The molecule has 0 aromatic heterocycles. The maximum atomic E-state index is 15.0. The smallest absolute Gasteiger partial charge is 0.416 e. The first kappa shape index (κ1) is 98.7. The van der Waals surface area contributed by atoms with Crippen LogP contribution in [0.3, 0.4) is 0 Å². The van der Waals surface area contributed by atoms with E-state index in [0.717, 1.165) is 9.80 Å². The molecule has 10 rings (SSSR count). The predicted octanol–water partition coefficient (Wildman–Crippen LogP) is 9.71. The third kappa shape index (κ3) is 25.3. The molecule has 3 unspecified atom stereocenters. The molecule has 5 heterocycles. The number of nitrogens with one attached hydrogen (secondary N) is 1. The Kier molecular flexibility index (Phi) is 35.8. The number of ketones is 2. The average molecular weight is 1790 g/mol. The summed E-state index contributed by atoms with van der Waals surface area (Å²) in [5, 5.41) is 31.3. The minimum Gasteiger partial charge on any atom is -0.493 e. The molecule has 4 fully saturated rings. The zero-order valence-corrected chi connectivity index (χ0v) is 74.3. The van der Waals surface area contributed by atoms with Gasteiger partial charge in [0.15, 0.2) is 41.6 Å². The Morgan fingerprint density at radius 2 is 1.05 bits per heavy atom. The number of aliphatic hydroxyl groups excluding tert-OH is 2. The molecule has 0 radical (unpaired) electrons. The number of rotatable bonds is 43. The van der Waals surface area contributed by atoms with Crippen LogP contribution in [0.25, 0.3) is 10.4 Å². The topological polar surface area (TPSA) is 459 Å². The van der Waals surface area contributed by atoms with Crippen LogP contribution in [-0.2, 0) is 94.0 Å². The second kappa shape index (κ2) is 46.5. The van der Waals surface area contributed by atoms with Crippen LogP contribution in [-0.4, -0.2) is 266 Å². The van der Waals surface area contributed by atoms with Gasteiger partial charge in [0.25, 0.3) is 11.8 Å². The second-order valence-corrected chi connectivity index (χ2v) is 32.4. The van der Waals surface area contributed by atoms with E-state index in [-0.39, 0.29) is 203 Å². The number of anilines is 2. The maximum absolute atomic E-state index is 15.0. The van der Waals surface area contributed by atoms with Gasteiger partial charge in [-0.2, -0.15) is 0 Å². The second-order valence-electron chi connectivity index (χ2n) is 32.4. The Hall–Kier alpha value is -11.5. The van der Waals surface area contributed by atoms with Crippen molar-refractivity contribution in [3.05, 3.63) is 134 Å². The van der Waals surface area contributed by atoms with Crippen LogP contribution >= 0.6 is 0 Å². The van der Waals surface area contributed by atoms with E-state index in [1.807, 2.05) is 13.8 Å². The lowest BCUT2D eigenvalue weighted by Gasteiger charge is -2.43. The highest BCUT2D eigenvalue weighted by atomic mass is 16.7. The third-order valence-corrected chi connectivity index (χ3v) is 23.0. The molecule has 1 aliphatic carbocycles. The Balaban J connectivity index is 0.896. The molecule has 696 valence electrons. The molecule has 15 atom stereocenters. The van der Waals surface area contributed by atoms with Crippen molar-refractivity contribution in [2.75, 3.05) is 117 Å². The number of methoxy groups -OCH3 is 3. The number of aliphatic hydroxyl groups is 2. The van der Waals surface area contributed by atoms with Gasteiger partial charge in [-0.1, -0.05) is 62.3 Å². The minimum absolute atomic E-state index is 0.000172. The molecule has 5 amide bonds. The fourth-order valence-corrected chi connectivity index (χ4v) is 16.3. The van der Waals surface area contributed by atoms with E-state index >= 15 is 0 Å². The molecular weight excluding hydrogens is 1670 g/mol. The molecule has 128 heavy (non-hydrogen) atoms. The number of benzene rings is 4. The van der Waals surface area contributed by atoms with Crippen LogP contribution in [0.1, 0.15) is 171 Å². The predicted molar refractivity (Wildman–Crippen MR) is 455 cm³/mol. The number of carbonyl (C=O) groups is 11. The van der Waals surface area contributed by atoms with Gasteiger partial charge in [-0.15, -0.1) is 0 Å². The van der Waals surface area contributed by atoms with E-state index in [2.05, 4.69) is 28.5 Å². The van der Waals surface area contributed by atoms with Crippen molar-refractivity contribution in [3.63, 3.8) is 0 Å². The number of hydrogen-bond donors (Lipinski definition) is 3. The highest BCUT2D eigenvalue weighted by Gasteiger charge is 2.52. The number of carbonyl (C=O) groups excluding carboxylic acids is 11. The quantitative estimate of drug-likeness (QED) is 0.00542. The molecule has 0 spiro atoms. The fraction of sp³-hybridized carbons (Fsp3) is 0.567. The molecule has 1 saturated carbocycles. The summed E-state index contributed by atoms with van der Waals surface area (Å²) >= 11 is 0. The Labute approximate surface area is 741 Å². The van der Waals surface area contributed by atoms with E-state index in [1.54, 1.807) is 26.8 Å². The maximum Gasteiger partial charge on any atom is 0.416 e. The first-order chi connectivity index (χ1) is 61.2. The van der Waals surface area contributed by atoms with Gasteiger partial charge in [-0.25, -0.2) is 19.4 Å². The molecule has 0 bridgehead atoms. The molecule has 3 saturated heterocycles. The molecule has 5 aliphatic heterocycles. The number of fused-ring (bicyclic) bond motifs is 4. The number of amides is 5. The summed E-state index contributed by atoms with van der Waals surface area (Å²) in [7, 11) is 4.33. The van der Waals surface area contributed by atoms with Crippen LogP contribution < -0.4 is 38.8 Å². The van der Waals surface area contributed by atoms with Crippen molar-refractivity contribution in [3.8, 4) is 28.7 Å². The molecular formula is C90H116N8O30. The zero-order chi connectivity index (χ0) is 92.7. The summed E-state index contributed by atoms with van der Waals surface area (Å²) in [5.74, 6) is -5.52.